The molecule has 4 heteroatoms. The fourth-order valence-electron chi connectivity index (χ4n) is 1.42. The molecule has 0 aliphatic carbocycles. The predicted molar refractivity (Wildman–Crippen MR) is 83.8 cm³/mol. The molecule has 4 nitrogen and oxygen atoms in total. The van der Waals surface area contributed by atoms with Crippen molar-refractivity contribution in [3.8, 4) is 0 Å². The van der Waals surface area contributed by atoms with Crippen LogP contribution in [0.25, 0.3) is 0 Å². The van der Waals surface area contributed by atoms with Gasteiger partial charge in [-0.1, -0.05) is 35.4 Å². The minimum atomic E-state index is 1.06. The first-order valence-electron chi connectivity index (χ1n) is 5.97. The Labute approximate surface area is 119 Å². The van der Waals surface area contributed by atoms with E-state index < -0.39 is 0 Å². The summed E-state index contributed by atoms with van der Waals surface area (Å²) in [7, 11) is 0. The van der Waals surface area contributed by atoms with Crippen LogP contribution in [0.5, 0.6) is 0 Å². The summed E-state index contributed by atoms with van der Waals surface area (Å²) in [5.41, 5.74) is 11.0. The second kappa shape index (κ2) is 10.3. The van der Waals surface area contributed by atoms with E-state index in [1.54, 1.807) is 0 Å². The lowest BCUT2D eigenvalue weighted by molar-refractivity contribution is -0.0987. The molecular formula is C16H20N2O2. The molecule has 0 atom stereocenters. The maximum atomic E-state index is 8.00. The highest BCUT2D eigenvalue weighted by Crippen LogP contribution is 2.11. The van der Waals surface area contributed by atoms with Crippen LogP contribution in [-0.2, 0) is 9.59 Å². The molecule has 2 aromatic carbocycles. The summed E-state index contributed by atoms with van der Waals surface area (Å²) >= 11 is 0. The third kappa shape index (κ3) is 6.35. The van der Waals surface area contributed by atoms with Crippen molar-refractivity contribution in [3.05, 3.63) is 59.7 Å². The van der Waals surface area contributed by atoms with Gasteiger partial charge in [-0.25, -0.2) is 0 Å². The highest BCUT2D eigenvalue weighted by molar-refractivity contribution is 5.53. The van der Waals surface area contributed by atoms with E-state index in [2.05, 4.69) is 73.2 Å². The Kier molecular flexibility index (Phi) is 8.96. The van der Waals surface area contributed by atoms with Gasteiger partial charge in [0, 0.05) is 0 Å². The number of anilines is 2. The van der Waals surface area contributed by atoms with Crippen LogP contribution in [0.2, 0.25) is 0 Å². The van der Waals surface area contributed by atoms with Crippen LogP contribution in [0.3, 0.4) is 0 Å². The Morgan fingerprint density at radius 2 is 0.850 bits per heavy atom. The van der Waals surface area contributed by atoms with Crippen molar-refractivity contribution in [1.29, 1.82) is 0 Å². The zero-order valence-corrected chi connectivity index (χ0v) is 11.8. The molecule has 0 saturated carbocycles. The predicted octanol–water partition coefficient (Wildman–Crippen LogP) is 3.37. The molecule has 0 spiro atoms. The van der Waals surface area contributed by atoms with E-state index in [9.17, 15) is 0 Å². The van der Waals surface area contributed by atoms with Crippen LogP contribution < -0.4 is 10.9 Å². The Morgan fingerprint density at radius 1 is 0.600 bits per heavy atom. The molecule has 0 bridgehead atoms. The molecule has 20 heavy (non-hydrogen) atoms. The SMILES string of the molecule is C=O.C=O.Cc1ccc(NNc2ccc(C)cc2)cc1. The molecule has 2 rings (SSSR count). The second-order valence-electron chi connectivity index (χ2n) is 3.98. The Hall–Kier alpha value is -2.62. The van der Waals surface area contributed by atoms with Gasteiger partial charge < -0.3 is 20.4 Å². The van der Waals surface area contributed by atoms with Crippen molar-refractivity contribution in [2.24, 2.45) is 0 Å². The zero-order chi connectivity index (χ0) is 15.4. The topological polar surface area (TPSA) is 58.2 Å². The first-order chi connectivity index (χ1) is 9.74. The summed E-state index contributed by atoms with van der Waals surface area (Å²) in [5.74, 6) is 0. The van der Waals surface area contributed by atoms with Gasteiger partial charge in [-0.3, -0.25) is 0 Å². The van der Waals surface area contributed by atoms with Crippen LogP contribution in [0, 0.1) is 13.8 Å². The van der Waals surface area contributed by atoms with Gasteiger partial charge in [0.05, 0.1) is 11.4 Å². The van der Waals surface area contributed by atoms with Crippen molar-refractivity contribution < 1.29 is 9.59 Å². The first kappa shape index (κ1) is 17.4. The van der Waals surface area contributed by atoms with Gasteiger partial charge in [0.2, 0.25) is 0 Å². The number of hydrogen-bond acceptors (Lipinski definition) is 4. The molecule has 0 amide bonds. The van der Waals surface area contributed by atoms with Crippen LogP contribution in [0.4, 0.5) is 11.4 Å². The monoisotopic (exact) mass is 272 g/mol. The van der Waals surface area contributed by atoms with Crippen molar-refractivity contribution in [3.63, 3.8) is 0 Å². The van der Waals surface area contributed by atoms with Gasteiger partial charge in [0.15, 0.2) is 0 Å². The van der Waals surface area contributed by atoms with E-state index >= 15 is 0 Å². The number of rotatable bonds is 3. The largest absolute Gasteiger partial charge is 0.307 e. The third-order valence-electron chi connectivity index (χ3n) is 2.45. The molecule has 0 aromatic heterocycles. The average molecular weight is 272 g/mol. The number of nitrogens with one attached hydrogen (secondary N) is 2. The summed E-state index contributed by atoms with van der Waals surface area (Å²) in [4.78, 5) is 16.0. The number of aryl methyl sites for hydroxylation is 2. The molecule has 106 valence electrons. The molecule has 0 unspecified atom stereocenters. The van der Waals surface area contributed by atoms with Crippen molar-refractivity contribution in [2.75, 3.05) is 10.9 Å². The third-order valence-corrected chi connectivity index (χ3v) is 2.45. The van der Waals surface area contributed by atoms with Gasteiger partial charge in [0.1, 0.15) is 13.6 Å². The van der Waals surface area contributed by atoms with Crippen LogP contribution >= 0.6 is 0 Å². The first-order valence-corrected chi connectivity index (χ1v) is 5.97. The smallest absolute Gasteiger partial charge is 0.106 e. The molecule has 2 aromatic rings. The Bertz CT molecular complexity index is 433. The van der Waals surface area contributed by atoms with Gasteiger partial charge >= 0.3 is 0 Å². The number of carbonyl (C=O) groups is 2. The lowest BCUT2D eigenvalue weighted by Gasteiger charge is -2.09. The maximum Gasteiger partial charge on any atom is 0.106 e. The summed E-state index contributed by atoms with van der Waals surface area (Å²) < 4.78 is 0. The van der Waals surface area contributed by atoms with Crippen molar-refractivity contribution in [2.45, 2.75) is 13.8 Å². The van der Waals surface area contributed by atoms with Crippen molar-refractivity contribution in [1.82, 2.24) is 0 Å². The van der Waals surface area contributed by atoms with E-state index in [0.29, 0.717) is 0 Å². The zero-order valence-electron chi connectivity index (χ0n) is 11.8. The van der Waals surface area contributed by atoms with E-state index in [4.69, 9.17) is 9.59 Å². The summed E-state index contributed by atoms with van der Waals surface area (Å²) in [6, 6.07) is 16.5. The van der Waals surface area contributed by atoms with E-state index in [-0.39, 0.29) is 0 Å². The van der Waals surface area contributed by atoms with E-state index in [0.717, 1.165) is 11.4 Å². The summed E-state index contributed by atoms with van der Waals surface area (Å²) in [5, 5.41) is 0. The molecule has 0 heterocycles. The van der Waals surface area contributed by atoms with E-state index in [1.165, 1.54) is 11.1 Å². The number of hydrazine groups is 1. The Morgan fingerprint density at radius 3 is 1.10 bits per heavy atom. The fourth-order valence-corrected chi connectivity index (χ4v) is 1.42. The maximum absolute atomic E-state index is 8.00. The molecule has 0 saturated heterocycles. The molecule has 2 N–H and O–H groups in total. The van der Waals surface area contributed by atoms with Gasteiger partial charge in [-0.2, -0.15) is 0 Å². The standard InChI is InChI=1S/C14H16N2.2CH2O/c1-11-3-7-13(8-4-11)15-16-14-9-5-12(2)6-10-14;2*1-2/h3-10,15-16H,1-2H3;2*1H2. The lowest BCUT2D eigenvalue weighted by Crippen LogP contribution is -2.08. The average Bonchev–Trinajstić information content (AvgIpc) is 2.52. The molecule has 0 radical (unpaired) electrons. The number of carbonyl (C=O) groups excluding carboxylic acids is 2. The van der Waals surface area contributed by atoms with Crippen LogP contribution in [-0.4, -0.2) is 13.6 Å². The van der Waals surface area contributed by atoms with Crippen LogP contribution in [0.1, 0.15) is 11.1 Å². The highest BCUT2D eigenvalue weighted by Gasteiger charge is 1.92. The van der Waals surface area contributed by atoms with Gasteiger partial charge in [-0.05, 0) is 38.1 Å². The molecule has 0 aliphatic rings. The highest BCUT2D eigenvalue weighted by atomic mass is 16.1. The van der Waals surface area contributed by atoms with Crippen molar-refractivity contribution >= 4 is 25.0 Å². The van der Waals surface area contributed by atoms with E-state index in [1.807, 2.05) is 13.6 Å². The molecule has 0 aliphatic heterocycles. The minimum Gasteiger partial charge on any atom is -0.307 e. The number of hydrogen-bond donors (Lipinski definition) is 2. The fraction of sp³-hybridized carbons (Fsp3) is 0.125. The number of benzene rings is 2. The van der Waals surface area contributed by atoms with Gasteiger partial charge in [0.25, 0.3) is 0 Å². The molecular weight excluding hydrogens is 252 g/mol. The minimum absolute atomic E-state index is 1.06. The Balaban J connectivity index is 0.000000829. The second-order valence-corrected chi connectivity index (χ2v) is 3.98. The van der Waals surface area contributed by atoms with Gasteiger partial charge in [-0.15, -0.1) is 0 Å². The summed E-state index contributed by atoms with van der Waals surface area (Å²) in [6.45, 7) is 8.16. The van der Waals surface area contributed by atoms with Crippen LogP contribution in [0.15, 0.2) is 48.5 Å². The molecule has 0 fully saturated rings. The quantitative estimate of drug-likeness (QED) is 0.841. The lowest BCUT2D eigenvalue weighted by atomic mass is 10.2. The summed E-state index contributed by atoms with van der Waals surface area (Å²) in [6.07, 6.45) is 0. The normalized spacial score (nSPS) is 8.30.